The molecule has 0 radical (unpaired) electrons. The van der Waals surface area contributed by atoms with Crippen LogP contribution in [-0.2, 0) is 23.0 Å². The van der Waals surface area contributed by atoms with Crippen LogP contribution >= 0.6 is 11.3 Å². The second kappa shape index (κ2) is 5.25. The molecule has 0 saturated carbocycles. The van der Waals surface area contributed by atoms with Crippen LogP contribution in [0.5, 0.6) is 0 Å². The average Bonchev–Trinajstić information content (AvgIpc) is 3.00. The highest BCUT2D eigenvalue weighted by atomic mass is 32.2. The van der Waals surface area contributed by atoms with Gasteiger partial charge in [0, 0.05) is 13.1 Å². The maximum absolute atomic E-state index is 12.5. The third kappa shape index (κ3) is 2.48. The van der Waals surface area contributed by atoms with Crippen LogP contribution in [0.1, 0.15) is 21.5 Å². The van der Waals surface area contributed by atoms with Crippen molar-refractivity contribution in [3.63, 3.8) is 0 Å². The quantitative estimate of drug-likeness (QED) is 0.939. The van der Waals surface area contributed by atoms with Gasteiger partial charge in [0.1, 0.15) is 4.21 Å². The minimum atomic E-state index is -3.49. The molecule has 5 nitrogen and oxygen atoms in total. The molecule has 0 amide bonds. The standard InChI is InChI=1S/C14H13NO4S2/c16-14(17)12-4-1-3-10-9-15(7-6-11(10)12)21(18,19)13-5-2-8-20-13/h1-5,8H,6-7,9H2,(H,16,17). The zero-order chi connectivity index (χ0) is 15.0. The molecule has 0 bridgehead atoms. The van der Waals surface area contributed by atoms with Crippen LogP contribution in [0.2, 0.25) is 0 Å². The number of aromatic carboxylic acids is 1. The summed E-state index contributed by atoms with van der Waals surface area (Å²) < 4.78 is 26.7. The monoisotopic (exact) mass is 323 g/mol. The van der Waals surface area contributed by atoms with Gasteiger partial charge in [0.25, 0.3) is 10.0 Å². The van der Waals surface area contributed by atoms with E-state index in [0.29, 0.717) is 17.2 Å². The molecule has 1 aliphatic rings. The van der Waals surface area contributed by atoms with Crippen molar-refractivity contribution >= 4 is 27.3 Å². The molecule has 110 valence electrons. The Kier molecular flexibility index (Phi) is 3.56. The summed E-state index contributed by atoms with van der Waals surface area (Å²) in [5, 5.41) is 10.9. The minimum Gasteiger partial charge on any atom is -0.478 e. The predicted molar refractivity (Wildman–Crippen MR) is 79.0 cm³/mol. The van der Waals surface area contributed by atoms with E-state index >= 15 is 0 Å². The Labute approximate surface area is 126 Å². The number of hydrogen-bond donors (Lipinski definition) is 1. The van der Waals surface area contributed by atoms with E-state index in [1.165, 1.54) is 15.6 Å². The van der Waals surface area contributed by atoms with Crippen LogP contribution in [0.25, 0.3) is 0 Å². The fourth-order valence-corrected chi connectivity index (χ4v) is 5.09. The third-order valence-electron chi connectivity index (χ3n) is 3.55. The molecular weight excluding hydrogens is 310 g/mol. The normalized spacial score (nSPS) is 15.6. The number of thiophene rings is 1. The van der Waals surface area contributed by atoms with Crippen molar-refractivity contribution in [3.8, 4) is 0 Å². The van der Waals surface area contributed by atoms with Gasteiger partial charge in [0.05, 0.1) is 5.56 Å². The van der Waals surface area contributed by atoms with E-state index < -0.39 is 16.0 Å². The first kappa shape index (κ1) is 14.2. The molecule has 2 heterocycles. The second-order valence-electron chi connectivity index (χ2n) is 4.77. The number of benzene rings is 1. The zero-order valence-corrected chi connectivity index (χ0v) is 12.7. The summed E-state index contributed by atoms with van der Waals surface area (Å²) in [5.74, 6) is -0.971. The summed E-state index contributed by atoms with van der Waals surface area (Å²) in [6.45, 7) is 0.522. The molecule has 0 atom stereocenters. The molecule has 1 aliphatic heterocycles. The predicted octanol–water partition coefficient (Wildman–Crippen LogP) is 2.19. The van der Waals surface area contributed by atoms with E-state index in [1.54, 1.807) is 35.7 Å². The Balaban J connectivity index is 1.96. The van der Waals surface area contributed by atoms with Crippen LogP contribution in [0.3, 0.4) is 0 Å². The van der Waals surface area contributed by atoms with E-state index in [9.17, 15) is 18.3 Å². The minimum absolute atomic E-state index is 0.219. The molecule has 1 aromatic carbocycles. The summed E-state index contributed by atoms with van der Waals surface area (Å²) in [6.07, 6.45) is 0.419. The number of hydrogen-bond acceptors (Lipinski definition) is 4. The van der Waals surface area contributed by atoms with E-state index in [4.69, 9.17) is 0 Å². The number of carboxylic acids is 1. The van der Waals surface area contributed by atoms with Crippen LogP contribution in [0, 0.1) is 0 Å². The topological polar surface area (TPSA) is 74.7 Å². The Morgan fingerprint density at radius 2 is 2.05 bits per heavy atom. The lowest BCUT2D eigenvalue weighted by Crippen LogP contribution is -2.36. The number of sulfonamides is 1. The molecule has 2 aromatic rings. The fraction of sp³-hybridized carbons (Fsp3) is 0.214. The first-order valence-electron chi connectivity index (χ1n) is 6.38. The molecular formula is C14H13NO4S2. The lowest BCUT2D eigenvalue weighted by Gasteiger charge is -2.28. The number of carbonyl (C=O) groups is 1. The van der Waals surface area contributed by atoms with Crippen molar-refractivity contribution < 1.29 is 18.3 Å². The molecule has 1 aromatic heterocycles. The first-order chi connectivity index (χ1) is 10.00. The molecule has 0 aliphatic carbocycles. The number of nitrogens with zero attached hydrogens (tertiary/aromatic N) is 1. The Morgan fingerprint density at radius 1 is 1.24 bits per heavy atom. The zero-order valence-electron chi connectivity index (χ0n) is 11.0. The van der Waals surface area contributed by atoms with Gasteiger partial charge in [-0.2, -0.15) is 4.31 Å². The van der Waals surface area contributed by atoms with Crippen LogP contribution in [0.15, 0.2) is 39.9 Å². The molecule has 0 saturated heterocycles. The van der Waals surface area contributed by atoms with Crippen molar-refractivity contribution in [2.75, 3.05) is 6.54 Å². The Hall–Kier alpha value is -1.70. The van der Waals surface area contributed by atoms with Gasteiger partial charge in [-0.1, -0.05) is 18.2 Å². The van der Waals surface area contributed by atoms with Gasteiger partial charge < -0.3 is 5.11 Å². The van der Waals surface area contributed by atoms with Crippen molar-refractivity contribution in [2.45, 2.75) is 17.2 Å². The summed E-state index contributed by atoms with van der Waals surface area (Å²) in [7, 11) is -3.49. The lowest BCUT2D eigenvalue weighted by molar-refractivity contribution is 0.0695. The summed E-state index contributed by atoms with van der Waals surface area (Å²) in [6, 6.07) is 8.30. The second-order valence-corrected chi connectivity index (χ2v) is 7.88. The number of rotatable bonds is 3. The van der Waals surface area contributed by atoms with E-state index in [1.807, 2.05) is 0 Å². The smallest absolute Gasteiger partial charge is 0.335 e. The molecule has 21 heavy (non-hydrogen) atoms. The molecule has 0 fully saturated rings. The summed E-state index contributed by atoms with van der Waals surface area (Å²) >= 11 is 1.19. The molecule has 7 heteroatoms. The summed E-state index contributed by atoms with van der Waals surface area (Å²) in [4.78, 5) is 11.2. The summed E-state index contributed by atoms with van der Waals surface area (Å²) in [5.41, 5.74) is 1.77. The highest BCUT2D eigenvalue weighted by Crippen LogP contribution is 2.28. The van der Waals surface area contributed by atoms with Crippen LogP contribution < -0.4 is 0 Å². The van der Waals surface area contributed by atoms with Gasteiger partial charge in [0.2, 0.25) is 0 Å². The molecule has 1 N–H and O–H groups in total. The third-order valence-corrected chi connectivity index (χ3v) is 6.77. The van der Waals surface area contributed by atoms with Crippen molar-refractivity contribution in [1.29, 1.82) is 0 Å². The SMILES string of the molecule is O=C(O)c1cccc2c1CCN(S(=O)(=O)c1cccs1)C2. The highest BCUT2D eigenvalue weighted by molar-refractivity contribution is 7.91. The van der Waals surface area contributed by atoms with E-state index in [-0.39, 0.29) is 12.1 Å². The van der Waals surface area contributed by atoms with Crippen LogP contribution in [-0.4, -0.2) is 30.3 Å². The highest BCUT2D eigenvalue weighted by Gasteiger charge is 2.30. The van der Waals surface area contributed by atoms with Crippen LogP contribution in [0.4, 0.5) is 0 Å². The van der Waals surface area contributed by atoms with Crippen molar-refractivity contribution in [2.24, 2.45) is 0 Å². The van der Waals surface area contributed by atoms with Gasteiger partial charge in [-0.15, -0.1) is 11.3 Å². The fourth-order valence-electron chi connectivity index (χ4n) is 2.53. The van der Waals surface area contributed by atoms with Crippen molar-refractivity contribution in [3.05, 3.63) is 52.4 Å². The van der Waals surface area contributed by atoms with Gasteiger partial charge >= 0.3 is 5.97 Å². The first-order valence-corrected chi connectivity index (χ1v) is 8.70. The van der Waals surface area contributed by atoms with Crippen molar-refractivity contribution in [1.82, 2.24) is 4.31 Å². The number of carboxylic acid groups (broad SMARTS) is 1. The average molecular weight is 323 g/mol. The molecule has 3 rings (SSSR count). The van der Waals surface area contributed by atoms with Gasteiger partial charge in [0.15, 0.2) is 0 Å². The maximum atomic E-state index is 12.5. The van der Waals surface area contributed by atoms with Gasteiger partial charge in [-0.05, 0) is 35.1 Å². The van der Waals surface area contributed by atoms with Gasteiger partial charge in [-0.25, -0.2) is 13.2 Å². The Morgan fingerprint density at radius 3 is 2.71 bits per heavy atom. The number of fused-ring (bicyclic) bond motifs is 1. The van der Waals surface area contributed by atoms with Gasteiger partial charge in [-0.3, -0.25) is 0 Å². The van der Waals surface area contributed by atoms with E-state index in [0.717, 1.165) is 11.1 Å². The molecule has 0 unspecified atom stereocenters. The largest absolute Gasteiger partial charge is 0.478 e. The lowest BCUT2D eigenvalue weighted by atomic mass is 9.95. The molecule has 0 spiro atoms. The maximum Gasteiger partial charge on any atom is 0.335 e. The Bertz CT molecular complexity index is 781. The van der Waals surface area contributed by atoms with E-state index in [2.05, 4.69) is 0 Å².